The highest BCUT2D eigenvalue weighted by Crippen LogP contribution is 2.44. The number of carbonyl (C=O) groups is 1. The molecule has 2 unspecified atom stereocenters. The van der Waals surface area contributed by atoms with Gasteiger partial charge >= 0.3 is 0 Å². The molecule has 194 valence electrons. The number of amides is 1. The number of rotatable bonds is 6. The Morgan fingerprint density at radius 3 is 2.73 bits per heavy atom. The molecule has 0 radical (unpaired) electrons. The Morgan fingerprint density at radius 2 is 2.05 bits per heavy atom. The van der Waals surface area contributed by atoms with Gasteiger partial charge in [-0.3, -0.25) is 9.69 Å². The van der Waals surface area contributed by atoms with Gasteiger partial charge in [-0.1, -0.05) is 11.3 Å². The number of methoxy groups -OCH3 is 1. The number of aromatic nitrogens is 3. The number of ether oxygens (including phenoxy) is 3. The van der Waals surface area contributed by atoms with Crippen molar-refractivity contribution in [1.82, 2.24) is 15.0 Å². The Hall–Kier alpha value is -3.68. The van der Waals surface area contributed by atoms with Crippen molar-refractivity contribution in [3.05, 3.63) is 41.9 Å². The van der Waals surface area contributed by atoms with E-state index in [4.69, 9.17) is 29.9 Å². The van der Waals surface area contributed by atoms with Gasteiger partial charge in [-0.05, 0) is 18.6 Å². The zero-order valence-corrected chi connectivity index (χ0v) is 21.1. The van der Waals surface area contributed by atoms with Crippen LogP contribution in [0.15, 0.2) is 36.4 Å². The van der Waals surface area contributed by atoms with Crippen LogP contribution in [0.2, 0.25) is 0 Å². The highest BCUT2D eigenvalue weighted by molar-refractivity contribution is 7.22. The van der Waals surface area contributed by atoms with Crippen molar-refractivity contribution in [3.63, 3.8) is 0 Å². The number of thiazole rings is 1. The van der Waals surface area contributed by atoms with Crippen LogP contribution in [0.5, 0.6) is 5.88 Å². The molecule has 3 aliphatic heterocycles. The van der Waals surface area contributed by atoms with Gasteiger partial charge in [-0.25, -0.2) is 9.97 Å². The molecule has 1 amide bonds. The van der Waals surface area contributed by atoms with Gasteiger partial charge in [0.25, 0.3) is 5.91 Å². The van der Waals surface area contributed by atoms with Crippen LogP contribution < -0.4 is 25.2 Å². The van der Waals surface area contributed by atoms with E-state index in [1.165, 1.54) is 17.6 Å². The molecule has 13 heteroatoms. The standard InChI is InChI=1S/C24H27N7O5S/c1-34-19-3-2-14(11-26-19)23-31(17(13-36-23)20(25)33)16-10-18-21(27-22(16)30-5-4-15(32)12-30)28-24(37-18)29-6-8-35-9-7-29/h2-3,10-11,13,15,23,32H,4-9,12H2,1H3,(H2,25,33). The summed E-state index contributed by atoms with van der Waals surface area (Å²) in [6.45, 7) is 3.87. The minimum absolute atomic E-state index is 0.195. The van der Waals surface area contributed by atoms with Gasteiger partial charge in [-0.2, -0.15) is 4.98 Å². The highest BCUT2D eigenvalue weighted by atomic mass is 32.1. The van der Waals surface area contributed by atoms with E-state index in [-0.39, 0.29) is 5.70 Å². The summed E-state index contributed by atoms with van der Waals surface area (Å²) >= 11 is 1.54. The lowest BCUT2D eigenvalue weighted by molar-refractivity contribution is -0.114. The smallest absolute Gasteiger partial charge is 0.268 e. The highest BCUT2D eigenvalue weighted by Gasteiger charge is 2.38. The summed E-state index contributed by atoms with van der Waals surface area (Å²) in [6, 6.07) is 5.53. The Balaban J connectivity index is 1.47. The molecule has 2 saturated heterocycles. The molecule has 0 saturated carbocycles. The number of hydrogen-bond donors (Lipinski definition) is 2. The Kier molecular flexibility index (Phi) is 6.18. The summed E-state index contributed by atoms with van der Waals surface area (Å²) in [5.74, 6) is 0.438. The maximum atomic E-state index is 12.5. The molecular formula is C24H27N7O5S. The first kappa shape index (κ1) is 23.7. The molecule has 3 aromatic rings. The first-order chi connectivity index (χ1) is 18.0. The second kappa shape index (κ2) is 9.65. The van der Waals surface area contributed by atoms with E-state index in [2.05, 4.69) is 9.88 Å². The number of β-amino-alcohol motifs (C(OH)–C–C–N with tert-alkyl or cyclic N) is 1. The second-order valence-corrected chi connectivity index (χ2v) is 10.0. The quantitative estimate of drug-likeness (QED) is 0.482. The van der Waals surface area contributed by atoms with Gasteiger partial charge in [0.05, 0.1) is 36.8 Å². The van der Waals surface area contributed by atoms with Gasteiger partial charge in [0.15, 0.2) is 16.6 Å². The average Bonchev–Trinajstić information content (AvgIpc) is 3.66. The molecule has 2 fully saturated rings. The minimum Gasteiger partial charge on any atom is -0.481 e. The van der Waals surface area contributed by atoms with Gasteiger partial charge in [-0.15, -0.1) is 0 Å². The number of primary amides is 1. The van der Waals surface area contributed by atoms with Crippen molar-refractivity contribution in [2.45, 2.75) is 18.8 Å². The summed E-state index contributed by atoms with van der Waals surface area (Å²) in [4.78, 5) is 32.5. The molecule has 6 rings (SSSR count). The maximum absolute atomic E-state index is 12.5. The topological polar surface area (TPSA) is 139 Å². The fourth-order valence-electron chi connectivity index (χ4n) is 4.76. The average molecular weight is 526 g/mol. The molecule has 37 heavy (non-hydrogen) atoms. The van der Waals surface area contributed by atoms with Crippen LogP contribution in [0.25, 0.3) is 10.3 Å². The van der Waals surface area contributed by atoms with Crippen LogP contribution in [-0.4, -0.2) is 78.6 Å². The molecule has 3 N–H and O–H groups in total. The molecule has 0 aliphatic carbocycles. The van der Waals surface area contributed by atoms with Gasteiger partial charge in [0.1, 0.15) is 12.0 Å². The predicted molar refractivity (Wildman–Crippen MR) is 138 cm³/mol. The van der Waals surface area contributed by atoms with Gasteiger partial charge in [0.2, 0.25) is 12.1 Å². The lowest BCUT2D eigenvalue weighted by Crippen LogP contribution is -2.36. The number of pyridine rings is 2. The summed E-state index contributed by atoms with van der Waals surface area (Å²) in [5.41, 5.74) is 7.94. The molecule has 2 atom stereocenters. The van der Waals surface area contributed by atoms with E-state index in [1.807, 2.05) is 17.0 Å². The van der Waals surface area contributed by atoms with Crippen LogP contribution in [0.1, 0.15) is 18.2 Å². The van der Waals surface area contributed by atoms with E-state index in [9.17, 15) is 9.90 Å². The minimum atomic E-state index is -0.696. The number of carbonyl (C=O) groups excluding carboxylic acids is 1. The van der Waals surface area contributed by atoms with Crippen LogP contribution in [0.3, 0.4) is 0 Å². The molecule has 6 heterocycles. The van der Waals surface area contributed by atoms with E-state index >= 15 is 0 Å². The third kappa shape index (κ3) is 4.38. The van der Waals surface area contributed by atoms with E-state index < -0.39 is 18.2 Å². The summed E-state index contributed by atoms with van der Waals surface area (Å²) in [5, 5.41) is 11.1. The van der Waals surface area contributed by atoms with Crippen molar-refractivity contribution in [2.24, 2.45) is 5.73 Å². The summed E-state index contributed by atoms with van der Waals surface area (Å²) < 4.78 is 17.5. The lowest BCUT2D eigenvalue weighted by Gasteiger charge is -2.30. The van der Waals surface area contributed by atoms with Gasteiger partial charge in [0, 0.05) is 44.0 Å². The lowest BCUT2D eigenvalue weighted by atomic mass is 10.2. The number of anilines is 3. The molecule has 0 spiro atoms. The predicted octanol–water partition coefficient (Wildman–Crippen LogP) is 1.36. The van der Waals surface area contributed by atoms with Crippen LogP contribution in [0, 0.1) is 0 Å². The molecule has 3 aromatic heterocycles. The first-order valence-corrected chi connectivity index (χ1v) is 12.9. The van der Waals surface area contributed by atoms with Crippen LogP contribution in [0.4, 0.5) is 16.6 Å². The fraction of sp³-hybridized carbons (Fsp3) is 0.417. The molecule has 0 bridgehead atoms. The molecule has 0 aromatic carbocycles. The fourth-order valence-corrected chi connectivity index (χ4v) is 5.75. The first-order valence-electron chi connectivity index (χ1n) is 12.0. The monoisotopic (exact) mass is 525 g/mol. The van der Waals surface area contributed by atoms with Crippen molar-refractivity contribution in [2.75, 3.05) is 61.2 Å². The number of aliphatic hydroxyl groups excluding tert-OH is 1. The number of fused-ring (bicyclic) bond motifs is 1. The van der Waals surface area contributed by atoms with Crippen LogP contribution in [-0.2, 0) is 14.3 Å². The van der Waals surface area contributed by atoms with E-state index in [0.29, 0.717) is 61.3 Å². The number of nitrogens with two attached hydrogens (primary N) is 1. The summed E-state index contributed by atoms with van der Waals surface area (Å²) in [6.07, 6.45) is 2.47. The SMILES string of the molecule is COc1ccc(C2OC=C(C(N)=O)N2c2cc3sc(N4CCOCC4)nc3nc2N2CCC(O)C2)cn1. The zero-order valence-electron chi connectivity index (χ0n) is 20.2. The Bertz CT molecular complexity index is 1340. The third-order valence-corrected chi connectivity index (χ3v) is 7.70. The normalized spacial score (nSPS) is 21.9. The molecule has 3 aliphatic rings. The number of hydrogen-bond acceptors (Lipinski definition) is 12. The van der Waals surface area contributed by atoms with E-state index in [1.54, 1.807) is 24.3 Å². The van der Waals surface area contributed by atoms with Crippen molar-refractivity contribution in [3.8, 4) is 5.88 Å². The second-order valence-electron chi connectivity index (χ2n) is 9.00. The molecule has 12 nitrogen and oxygen atoms in total. The number of aliphatic hydroxyl groups is 1. The third-order valence-electron chi connectivity index (χ3n) is 6.64. The zero-order chi connectivity index (χ0) is 25.5. The summed E-state index contributed by atoms with van der Waals surface area (Å²) in [7, 11) is 1.55. The number of nitrogens with zero attached hydrogens (tertiary/aromatic N) is 6. The molecular weight excluding hydrogens is 498 g/mol. The van der Waals surface area contributed by atoms with Crippen molar-refractivity contribution < 1.29 is 24.1 Å². The number of morpholine rings is 1. The van der Waals surface area contributed by atoms with E-state index in [0.717, 1.165) is 22.9 Å². The van der Waals surface area contributed by atoms with Crippen molar-refractivity contribution >= 4 is 44.2 Å². The van der Waals surface area contributed by atoms with Crippen molar-refractivity contribution in [1.29, 1.82) is 0 Å². The Labute approximate surface area is 216 Å². The van der Waals surface area contributed by atoms with Crippen LogP contribution >= 0.6 is 11.3 Å². The van der Waals surface area contributed by atoms with Gasteiger partial charge < -0.3 is 34.9 Å². The largest absolute Gasteiger partial charge is 0.481 e. The Morgan fingerprint density at radius 1 is 1.22 bits per heavy atom. The maximum Gasteiger partial charge on any atom is 0.268 e.